The molecule has 0 bridgehead atoms. The van der Waals surface area contributed by atoms with Crippen LogP contribution in [0, 0.1) is 5.82 Å². The molecule has 23 heavy (non-hydrogen) atoms. The summed E-state index contributed by atoms with van der Waals surface area (Å²) in [4.78, 5) is 4.14. The van der Waals surface area contributed by atoms with E-state index in [9.17, 15) is 4.39 Å². The Kier molecular flexibility index (Phi) is 6.90. The Morgan fingerprint density at radius 1 is 1.30 bits per heavy atom. The average Bonchev–Trinajstić information content (AvgIpc) is 3.07. The van der Waals surface area contributed by atoms with Gasteiger partial charge in [0.15, 0.2) is 5.96 Å². The third-order valence-electron chi connectivity index (χ3n) is 3.10. The van der Waals surface area contributed by atoms with E-state index < -0.39 is 0 Å². The molecule has 6 nitrogen and oxygen atoms in total. The van der Waals surface area contributed by atoms with E-state index >= 15 is 0 Å². The van der Waals surface area contributed by atoms with Crippen LogP contribution in [-0.4, -0.2) is 42.5 Å². The highest BCUT2D eigenvalue weighted by molar-refractivity contribution is 5.79. The monoisotopic (exact) mass is 319 g/mol. The van der Waals surface area contributed by atoms with Crippen molar-refractivity contribution >= 4 is 5.96 Å². The van der Waals surface area contributed by atoms with Crippen molar-refractivity contribution in [2.24, 2.45) is 4.99 Å². The minimum atomic E-state index is -0.301. The first kappa shape index (κ1) is 16.8. The fourth-order valence-corrected chi connectivity index (χ4v) is 2.00. The van der Waals surface area contributed by atoms with Crippen molar-refractivity contribution in [3.05, 3.63) is 48.5 Å². The van der Waals surface area contributed by atoms with Crippen LogP contribution in [0.4, 0.5) is 4.39 Å². The summed E-state index contributed by atoms with van der Waals surface area (Å²) in [5.41, 5.74) is 0. The third-order valence-corrected chi connectivity index (χ3v) is 3.10. The number of guanidine groups is 1. The van der Waals surface area contributed by atoms with Crippen LogP contribution in [0.5, 0.6) is 5.75 Å². The second-order valence-corrected chi connectivity index (χ2v) is 4.85. The van der Waals surface area contributed by atoms with Gasteiger partial charge < -0.3 is 15.4 Å². The number of benzene rings is 1. The van der Waals surface area contributed by atoms with Crippen LogP contribution in [0.1, 0.15) is 6.42 Å². The highest BCUT2D eigenvalue weighted by atomic mass is 19.1. The van der Waals surface area contributed by atoms with Gasteiger partial charge in [-0.15, -0.1) is 0 Å². The summed E-state index contributed by atoms with van der Waals surface area (Å²) in [6, 6.07) is 8.01. The van der Waals surface area contributed by atoms with Crippen molar-refractivity contribution < 1.29 is 9.13 Å². The first-order chi connectivity index (χ1) is 11.3. The number of hydrogen-bond donors (Lipinski definition) is 2. The number of ether oxygens (including phenoxy) is 1. The predicted molar refractivity (Wildman–Crippen MR) is 88.1 cm³/mol. The van der Waals surface area contributed by atoms with Crippen molar-refractivity contribution in [3.8, 4) is 5.75 Å². The maximum atomic E-state index is 13.0. The molecule has 0 fully saturated rings. The molecule has 0 aliphatic carbocycles. The number of nitrogens with zero attached hydrogens (tertiary/aromatic N) is 3. The first-order valence-electron chi connectivity index (χ1n) is 7.58. The molecular formula is C16H22FN5O. The van der Waals surface area contributed by atoms with Gasteiger partial charge in [-0.05, 0) is 24.6 Å². The SMILES string of the molecule is CN=C(NCCCn1cccn1)NCCOc1cccc(F)c1. The predicted octanol–water partition coefficient (Wildman–Crippen LogP) is 1.66. The molecule has 7 heteroatoms. The zero-order valence-electron chi connectivity index (χ0n) is 13.2. The molecule has 0 atom stereocenters. The number of hydrogen-bond acceptors (Lipinski definition) is 3. The van der Waals surface area contributed by atoms with Crippen LogP contribution in [0.2, 0.25) is 0 Å². The van der Waals surface area contributed by atoms with Crippen LogP contribution < -0.4 is 15.4 Å². The minimum absolute atomic E-state index is 0.301. The van der Waals surface area contributed by atoms with Gasteiger partial charge >= 0.3 is 0 Å². The number of aryl methyl sites for hydroxylation is 1. The molecular weight excluding hydrogens is 297 g/mol. The number of nitrogens with one attached hydrogen (secondary N) is 2. The van der Waals surface area contributed by atoms with E-state index in [2.05, 4.69) is 20.7 Å². The zero-order chi connectivity index (χ0) is 16.3. The van der Waals surface area contributed by atoms with E-state index in [0.717, 1.165) is 19.5 Å². The van der Waals surface area contributed by atoms with Crippen molar-refractivity contribution in [3.63, 3.8) is 0 Å². The molecule has 0 saturated heterocycles. The molecule has 0 radical (unpaired) electrons. The first-order valence-corrected chi connectivity index (χ1v) is 7.58. The second-order valence-electron chi connectivity index (χ2n) is 4.85. The Labute approximate surface area is 135 Å². The maximum absolute atomic E-state index is 13.0. The van der Waals surface area contributed by atoms with E-state index in [1.807, 2.05) is 16.9 Å². The van der Waals surface area contributed by atoms with E-state index in [1.54, 1.807) is 25.4 Å². The summed E-state index contributed by atoms with van der Waals surface area (Å²) in [5, 5.41) is 10.5. The third kappa shape index (κ3) is 6.37. The molecule has 2 aromatic rings. The molecule has 1 heterocycles. The maximum Gasteiger partial charge on any atom is 0.191 e. The van der Waals surface area contributed by atoms with Crippen LogP contribution in [0.3, 0.4) is 0 Å². The van der Waals surface area contributed by atoms with Crippen molar-refractivity contribution in [1.29, 1.82) is 0 Å². The molecule has 0 saturated carbocycles. The highest BCUT2D eigenvalue weighted by Gasteiger charge is 1.99. The van der Waals surface area contributed by atoms with Crippen LogP contribution in [0.25, 0.3) is 0 Å². The summed E-state index contributed by atoms with van der Waals surface area (Å²) in [6.07, 6.45) is 4.66. The highest BCUT2D eigenvalue weighted by Crippen LogP contribution is 2.11. The molecule has 0 amide bonds. The average molecular weight is 319 g/mol. The zero-order valence-corrected chi connectivity index (χ0v) is 13.2. The molecule has 0 aliphatic rings. The molecule has 0 aliphatic heterocycles. The Balaban J connectivity index is 1.57. The van der Waals surface area contributed by atoms with Gasteiger partial charge in [0.05, 0.1) is 6.54 Å². The van der Waals surface area contributed by atoms with Crippen molar-refractivity contribution in [2.45, 2.75) is 13.0 Å². The van der Waals surface area contributed by atoms with Gasteiger partial charge in [-0.25, -0.2) is 4.39 Å². The van der Waals surface area contributed by atoms with E-state index in [4.69, 9.17) is 4.74 Å². The molecule has 1 aromatic heterocycles. The Morgan fingerprint density at radius 3 is 2.91 bits per heavy atom. The summed E-state index contributed by atoms with van der Waals surface area (Å²) in [6.45, 7) is 2.66. The normalized spacial score (nSPS) is 11.3. The number of aliphatic imine (C=N–C) groups is 1. The van der Waals surface area contributed by atoms with Gasteiger partial charge in [0.1, 0.15) is 18.2 Å². The largest absolute Gasteiger partial charge is 0.492 e. The molecule has 0 spiro atoms. The Hall–Kier alpha value is -2.57. The van der Waals surface area contributed by atoms with E-state index in [-0.39, 0.29) is 5.82 Å². The lowest BCUT2D eigenvalue weighted by Gasteiger charge is -2.12. The van der Waals surface area contributed by atoms with Gasteiger partial charge in [-0.1, -0.05) is 6.07 Å². The summed E-state index contributed by atoms with van der Waals surface area (Å²) < 4.78 is 20.4. The molecule has 0 unspecified atom stereocenters. The summed E-state index contributed by atoms with van der Waals surface area (Å²) >= 11 is 0. The lowest BCUT2D eigenvalue weighted by atomic mass is 10.3. The lowest BCUT2D eigenvalue weighted by Crippen LogP contribution is -2.39. The Bertz CT molecular complexity index is 600. The van der Waals surface area contributed by atoms with Gasteiger partial charge in [-0.2, -0.15) is 5.10 Å². The lowest BCUT2D eigenvalue weighted by molar-refractivity contribution is 0.320. The van der Waals surface area contributed by atoms with Crippen molar-refractivity contribution in [2.75, 3.05) is 26.7 Å². The van der Waals surface area contributed by atoms with Gasteiger partial charge in [-0.3, -0.25) is 9.67 Å². The quantitative estimate of drug-likeness (QED) is 0.441. The van der Waals surface area contributed by atoms with Crippen molar-refractivity contribution in [1.82, 2.24) is 20.4 Å². The standard InChI is InChI=1S/C16H22FN5O/c1-18-16(19-7-3-10-22-11-4-8-21-22)20-9-12-23-15-6-2-5-14(17)13-15/h2,4-6,8,11,13H,3,7,9-10,12H2,1H3,(H2,18,19,20). The molecule has 1 aromatic carbocycles. The number of rotatable bonds is 8. The summed E-state index contributed by atoms with van der Waals surface area (Å²) in [7, 11) is 1.72. The molecule has 2 rings (SSSR count). The van der Waals surface area contributed by atoms with Crippen LogP contribution >= 0.6 is 0 Å². The smallest absolute Gasteiger partial charge is 0.191 e. The van der Waals surface area contributed by atoms with Gasteiger partial charge in [0, 0.05) is 38.6 Å². The Morgan fingerprint density at radius 2 is 2.17 bits per heavy atom. The van der Waals surface area contributed by atoms with Gasteiger partial charge in [0.2, 0.25) is 0 Å². The fraction of sp³-hybridized carbons (Fsp3) is 0.375. The fourth-order valence-electron chi connectivity index (χ4n) is 2.00. The second kappa shape index (κ2) is 9.45. The number of aromatic nitrogens is 2. The molecule has 2 N–H and O–H groups in total. The number of halogens is 1. The van der Waals surface area contributed by atoms with E-state index in [1.165, 1.54) is 12.1 Å². The van der Waals surface area contributed by atoms with E-state index in [0.29, 0.717) is 24.9 Å². The topological polar surface area (TPSA) is 63.5 Å². The van der Waals surface area contributed by atoms with Gasteiger partial charge in [0.25, 0.3) is 0 Å². The molecule has 124 valence electrons. The van der Waals surface area contributed by atoms with Crippen LogP contribution in [0.15, 0.2) is 47.7 Å². The minimum Gasteiger partial charge on any atom is -0.492 e. The van der Waals surface area contributed by atoms with Crippen LogP contribution in [-0.2, 0) is 6.54 Å². The summed E-state index contributed by atoms with van der Waals surface area (Å²) in [5.74, 6) is 0.937.